The molecule has 0 aliphatic carbocycles. The molecule has 7 N–H and O–H groups in total. The zero-order chi connectivity index (χ0) is 63.6. The highest BCUT2D eigenvalue weighted by Crippen LogP contribution is 2.40. The summed E-state index contributed by atoms with van der Waals surface area (Å²) in [6.45, 7) is 12.0. The van der Waals surface area contributed by atoms with Crippen LogP contribution in [0.4, 0.5) is 0 Å². The molecule has 0 aromatic carbocycles. The molecule has 5 fully saturated rings. The van der Waals surface area contributed by atoms with Crippen molar-refractivity contribution >= 4 is 11.9 Å². The topological polar surface area (TPSA) is 421 Å². The van der Waals surface area contributed by atoms with Crippen LogP contribution in [0.25, 0.3) is 20.9 Å². The van der Waals surface area contributed by atoms with Gasteiger partial charge >= 0.3 is 11.9 Å². The number of carboxylic acid groups (broad SMARTS) is 2. The number of hydrogen-bond donors (Lipinski definition) is 7. The Morgan fingerprint density at radius 3 is 1.26 bits per heavy atom. The average molecular weight is 1260 g/mol. The van der Waals surface area contributed by atoms with Gasteiger partial charge in [-0.3, -0.25) is 0 Å². The summed E-state index contributed by atoms with van der Waals surface area (Å²) in [6, 6.07) is -3.17. The molecule has 0 aromatic heterocycles. The number of ether oxygens (including phenoxy) is 16. The predicted octanol–water partition coefficient (Wildman–Crippen LogP) is 3.77. The average Bonchev–Trinajstić information content (AvgIpc) is 1.57. The van der Waals surface area contributed by atoms with E-state index in [0.717, 1.165) is 19.3 Å². The van der Waals surface area contributed by atoms with Gasteiger partial charge in [0.15, 0.2) is 43.7 Å². The molecule has 5 rings (SSSR count). The molecule has 5 heterocycles. The van der Waals surface area contributed by atoms with Gasteiger partial charge in [-0.15, -0.1) is 0 Å². The third-order valence-electron chi connectivity index (χ3n) is 15.9. The minimum atomic E-state index is -2.04. The molecule has 5 saturated heterocycles. The first-order chi connectivity index (χ1) is 42.1. The van der Waals surface area contributed by atoms with Crippen LogP contribution in [0.1, 0.15) is 126 Å². The molecule has 0 aromatic rings. The summed E-state index contributed by atoms with van der Waals surface area (Å²) < 4.78 is 100. The first-order valence-corrected chi connectivity index (χ1v) is 31.0. The van der Waals surface area contributed by atoms with Gasteiger partial charge in [0, 0.05) is 62.5 Å². The monoisotopic (exact) mass is 1250 g/mol. The van der Waals surface area contributed by atoms with Crippen LogP contribution in [0.3, 0.4) is 0 Å². The summed E-state index contributed by atoms with van der Waals surface area (Å²) in [6.07, 6.45) is -25.9. The van der Waals surface area contributed by atoms with Crippen molar-refractivity contribution in [1.82, 2.24) is 0 Å². The van der Waals surface area contributed by atoms with E-state index >= 15 is 0 Å². The molecular formula is C56H98N6O25. The summed E-state index contributed by atoms with van der Waals surface area (Å²) in [7, 11) is 1.43. The maximum absolute atomic E-state index is 13.6. The second kappa shape index (κ2) is 39.2. The summed E-state index contributed by atoms with van der Waals surface area (Å²) in [5.74, 6) is -3.72. The molecule has 5 aliphatic heterocycles. The fraction of sp³-hybridized carbons (Fsp3) is 0.964. The molecule has 0 saturated carbocycles. The highest BCUT2D eigenvalue weighted by atomic mass is 16.8. The molecule has 87 heavy (non-hydrogen) atoms. The summed E-state index contributed by atoms with van der Waals surface area (Å²) >= 11 is 0. The van der Waals surface area contributed by atoms with Crippen LogP contribution in [0.2, 0.25) is 0 Å². The minimum Gasteiger partial charge on any atom is -0.479 e. The van der Waals surface area contributed by atoms with Crippen LogP contribution < -0.4 is 0 Å². The van der Waals surface area contributed by atoms with Gasteiger partial charge in [0.05, 0.1) is 38.1 Å². The lowest BCUT2D eigenvalue weighted by Gasteiger charge is -2.51. The number of nitrogens with zero attached hydrogens (tertiary/aromatic N) is 6. The van der Waals surface area contributed by atoms with Crippen LogP contribution in [0, 0.1) is 5.92 Å². The Hall–Kier alpha value is -3.28. The molecule has 5 aliphatic rings. The van der Waals surface area contributed by atoms with E-state index in [4.69, 9.17) is 75.8 Å². The van der Waals surface area contributed by atoms with Crippen molar-refractivity contribution < 1.29 is 121 Å². The van der Waals surface area contributed by atoms with E-state index in [1.54, 1.807) is 6.92 Å². The van der Waals surface area contributed by atoms with Gasteiger partial charge < -0.3 is 112 Å². The van der Waals surface area contributed by atoms with Gasteiger partial charge in [0.2, 0.25) is 0 Å². The highest BCUT2D eigenvalue weighted by Gasteiger charge is 2.60. The Bertz CT molecular complexity index is 2070. The Labute approximate surface area is 508 Å². The first kappa shape index (κ1) is 74.4. The first-order valence-electron chi connectivity index (χ1n) is 31.0. The molecule has 0 amide bonds. The molecule has 0 radical (unpaired) electrons. The van der Waals surface area contributed by atoms with Crippen LogP contribution in [0.15, 0.2) is 10.2 Å². The van der Waals surface area contributed by atoms with E-state index in [-0.39, 0.29) is 39.6 Å². The maximum Gasteiger partial charge on any atom is 0.335 e. The number of azide groups is 2. The number of carbonyl (C=O) groups is 2. The van der Waals surface area contributed by atoms with Crippen molar-refractivity contribution in [3.63, 3.8) is 0 Å². The lowest BCUT2D eigenvalue weighted by Crippen LogP contribution is -2.69. The van der Waals surface area contributed by atoms with Gasteiger partial charge in [-0.2, -0.15) is 0 Å². The van der Waals surface area contributed by atoms with E-state index in [1.165, 1.54) is 7.11 Å². The standard InChI is InChI=1S/C56H98N6O25/c1-9-15-21-73-38-30(7)52(72-8)79-33(29-65)41(38)83-55-37(67)43(76-24-18-12-4)45(47(86-55)50(68)69)84-53-34(59-61-57)36(66)39(31(27-63)80-53)82-56-49(78-26-20-14-6)44(77-25-19-13-5)46(48(87-56)51(70)71)85-54-35(60-62-58)42(75-23-17-11-3)40(32(28-64)81-54)74-22-16-10-2/h30-49,52-56,63-67H,9-29H2,1-8H3,(H,68,69)(H,70,71)/t30?,31?,32?,33?,34?,35-,36+,37-,38+,39+,40+,41+,42+,43-,44?,45+,46-,47?,48?,49-,52-,53-,54+,55?,56+/m0/s1. The summed E-state index contributed by atoms with van der Waals surface area (Å²) in [5.41, 5.74) is 20.0. The molecular weight excluding hydrogens is 1160 g/mol. The number of aliphatic hydroxyl groups is 5. The second-order valence-electron chi connectivity index (χ2n) is 22.2. The van der Waals surface area contributed by atoms with Gasteiger partial charge in [-0.05, 0) is 49.6 Å². The minimum absolute atomic E-state index is 0.0217. The maximum atomic E-state index is 13.6. The number of aliphatic hydroxyl groups excluding tert-OH is 5. The Balaban J connectivity index is 1.50. The third-order valence-corrected chi connectivity index (χ3v) is 15.9. The lowest BCUT2D eigenvalue weighted by molar-refractivity contribution is -0.381. The fourth-order valence-electron chi connectivity index (χ4n) is 11.0. The summed E-state index contributed by atoms with van der Waals surface area (Å²) in [5, 5.41) is 86.5. The molecule has 0 bridgehead atoms. The van der Waals surface area contributed by atoms with Crippen molar-refractivity contribution in [2.45, 2.75) is 273 Å². The molecule has 31 nitrogen and oxygen atoms in total. The van der Waals surface area contributed by atoms with Crippen LogP contribution in [-0.4, -0.2) is 262 Å². The van der Waals surface area contributed by atoms with Crippen LogP contribution in [0.5, 0.6) is 0 Å². The second-order valence-corrected chi connectivity index (χ2v) is 22.2. The number of rotatable bonds is 40. The third kappa shape index (κ3) is 19.9. The molecule has 31 heteroatoms. The number of unbranched alkanes of at least 4 members (excludes halogenated alkanes) is 6. The number of hydrogen-bond acceptors (Lipinski definition) is 25. The van der Waals surface area contributed by atoms with E-state index in [9.17, 15) is 56.4 Å². The lowest BCUT2D eigenvalue weighted by atomic mass is 9.91. The van der Waals surface area contributed by atoms with Crippen molar-refractivity contribution in [2.24, 2.45) is 16.1 Å². The van der Waals surface area contributed by atoms with Gasteiger partial charge in [0.25, 0.3) is 0 Å². The van der Waals surface area contributed by atoms with Crippen molar-refractivity contribution in [3.8, 4) is 0 Å². The summed E-state index contributed by atoms with van der Waals surface area (Å²) in [4.78, 5) is 32.9. The molecule has 9 unspecified atom stereocenters. The van der Waals surface area contributed by atoms with E-state index < -0.39 is 185 Å². The smallest absolute Gasteiger partial charge is 0.335 e. The van der Waals surface area contributed by atoms with E-state index in [2.05, 4.69) is 20.1 Å². The SMILES string of the molecule is CCCCOC1[C@H](O[C@H]2OC(CO)[C@@H](OCCCC)[C@H](OCCCC)[C@@H]2N=[N+]=[N-])C(C(=O)O)O[C@@H](O[C@@H]2C(CO)O[C@@H](O[C@H]3C(C(=O)O)OC(O[C@@H]4C(CO)O[C@H](OC)C(C)[C@H]4OCCCC)[C@@H](O)[C@@H]3OCCCC)C(N=[N+]=[N-])[C@H]2O)[C@H]1OCCCC. The largest absolute Gasteiger partial charge is 0.479 e. The quantitative estimate of drug-likeness (QED) is 0.0199. The number of carboxylic acids is 2. The number of aliphatic carboxylic acids is 2. The van der Waals surface area contributed by atoms with E-state index in [0.29, 0.717) is 57.8 Å². The Kier molecular flexibility index (Phi) is 33.5. The van der Waals surface area contributed by atoms with Crippen molar-refractivity contribution in [2.75, 3.05) is 66.6 Å². The predicted molar refractivity (Wildman–Crippen MR) is 301 cm³/mol. The zero-order valence-electron chi connectivity index (χ0n) is 51.4. The van der Waals surface area contributed by atoms with Crippen molar-refractivity contribution in [3.05, 3.63) is 20.9 Å². The van der Waals surface area contributed by atoms with Gasteiger partial charge in [-0.1, -0.05) is 97.2 Å². The number of methoxy groups -OCH3 is 1. The Morgan fingerprint density at radius 2 is 0.793 bits per heavy atom. The fourth-order valence-corrected chi connectivity index (χ4v) is 11.0. The highest BCUT2D eigenvalue weighted by molar-refractivity contribution is 5.74. The molecule has 0 spiro atoms. The van der Waals surface area contributed by atoms with Crippen LogP contribution >= 0.6 is 0 Å². The van der Waals surface area contributed by atoms with Gasteiger partial charge in [0.1, 0.15) is 85.3 Å². The normalized spacial score (nSPS) is 38.1. The van der Waals surface area contributed by atoms with Crippen LogP contribution in [-0.2, 0) is 85.4 Å². The Morgan fingerprint density at radius 1 is 0.425 bits per heavy atom. The molecule has 25 atom stereocenters. The van der Waals surface area contributed by atoms with E-state index in [1.807, 2.05) is 41.5 Å². The van der Waals surface area contributed by atoms with Crippen molar-refractivity contribution in [1.29, 1.82) is 0 Å². The zero-order valence-corrected chi connectivity index (χ0v) is 51.4. The van der Waals surface area contributed by atoms with Gasteiger partial charge in [-0.25, -0.2) is 9.59 Å². The molecule has 502 valence electrons.